The zero-order chi connectivity index (χ0) is 22.1. The number of benzene rings is 1. The first-order valence-electron chi connectivity index (χ1n) is 11.6. The summed E-state index contributed by atoms with van der Waals surface area (Å²) in [6.07, 6.45) is 4.22. The molecule has 1 aromatic heterocycles. The highest BCUT2D eigenvalue weighted by atomic mass is 16.5. The quantitative estimate of drug-likeness (QED) is 0.771. The Morgan fingerprint density at radius 3 is 2.65 bits per heavy atom. The molecule has 31 heavy (non-hydrogen) atoms. The Morgan fingerprint density at radius 1 is 1.23 bits per heavy atom. The summed E-state index contributed by atoms with van der Waals surface area (Å²) in [5.74, 6) is 1.30. The van der Waals surface area contributed by atoms with Gasteiger partial charge >= 0.3 is 0 Å². The van der Waals surface area contributed by atoms with Gasteiger partial charge in [0, 0.05) is 67.8 Å². The molecule has 0 radical (unpaired) electrons. The average Bonchev–Trinajstić information content (AvgIpc) is 3.09. The molecule has 2 heterocycles. The summed E-state index contributed by atoms with van der Waals surface area (Å²) in [6.45, 7) is 6.36. The number of hydrogen-bond acceptors (Lipinski definition) is 3. The maximum absolute atomic E-state index is 12.9. The van der Waals surface area contributed by atoms with Gasteiger partial charge in [0.25, 0.3) is 5.91 Å². The van der Waals surface area contributed by atoms with E-state index in [-0.39, 0.29) is 23.7 Å². The van der Waals surface area contributed by atoms with E-state index in [0.29, 0.717) is 23.9 Å². The highest BCUT2D eigenvalue weighted by Gasteiger charge is 2.39. The van der Waals surface area contributed by atoms with Crippen molar-refractivity contribution in [2.75, 3.05) is 26.8 Å². The highest BCUT2D eigenvalue weighted by Crippen LogP contribution is 2.47. The van der Waals surface area contributed by atoms with Crippen molar-refractivity contribution in [2.24, 2.45) is 24.8 Å². The standard InChI is InChI=1S/C25H35N3O3/c1-5-27-24(29)15(2)19-13-18(16-8-10-31-11-9-16)14-21-20-12-17(25(30)26-3)6-7-22(20)28(4)23(19)21/h6-7,12,15-16,18-19H,5,8-11,13-14H2,1-4H3,(H,26,30)(H,27,29)/t15-,18?,19?/m1/s1. The largest absolute Gasteiger partial charge is 0.381 e. The Hall–Kier alpha value is -2.34. The van der Waals surface area contributed by atoms with Gasteiger partial charge in [0.05, 0.1) is 0 Å². The molecule has 4 rings (SSSR count). The first-order valence-corrected chi connectivity index (χ1v) is 11.6. The third-order valence-corrected chi connectivity index (χ3v) is 7.52. The summed E-state index contributed by atoms with van der Waals surface area (Å²) in [6, 6.07) is 5.98. The van der Waals surface area contributed by atoms with Crippen molar-refractivity contribution in [2.45, 2.75) is 45.4 Å². The molecule has 2 amide bonds. The van der Waals surface area contributed by atoms with Crippen LogP contribution in [0.3, 0.4) is 0 Å². The normalized spacial score (nSPS) is 22.7. The van der Waals surface area contributed by atoms with E-state index in [9.17, 15) is 9.59 Å². The fraction of sp³-hybridized carbons (Fsp3) is 0.600. The Morgan fingerprint density at radius 2 is 1.97 bits per heavy atom. The van der Waals surface area contributed by atoms with Crippen LogP contribution >= 0.6 is 0 Å². The van der Waals surface area contributed by atoms with Crippen LogP contribution in [0.25, 0.3) is 10.9 Å². The van der Waals surface area contributed by atoms with E-state index in [1.807, 2.05) is 19.1 Å². The topological polar surface area (TPSA) is 72.4 Å². The molecule has 1 aliphatic carbocycles. The molecule has 1 saturated heterocycles. The third kappa shape index (κ3) is 3.98. The number of carbonyl (C=O) groups is 2. The van der Waals surface area contributed by atoms with Crippen molar-refractivity contribution in [3.63, 3.8) is 0 Å². The minimum atomic E-state index is -0.0947. The monoisotopic (exact) mass is 425 g/mol. The molecule has 1 aliphatic heterocycles. The Labute approximate surface area is 184 Å². The minimum absolute atomic E-state index is 0.0662. The fourth-order valence-electron chi connectivity index (χ4n) is 5.80. The number of ether oxygens (including phenoxy) is 1. The van der Waals surface area contributed by atoms with Crippen molar-refractivity contribution in [3.8, 4) is 0 Å². The van der Waals surface area contributed by atoms with Gasteiger partial charge in [0.2, 0.25) is 5.91 Å². The van der Waals surface area contributed by atoms with Crippen LogP contribution in [-0.4, -0.2) is 43.2 Å². The lowest BCUT2D eigenvalue weighted by molar-refractivity contribution is -0.125. The number of nitrogens with one attached hydrogen (secondary N) is 2. The van der Waals surface area contributed by atoms with E-state index in [2.05, 4.69) is 35.2 Å². The molecule has 0 saturated carbocycles. The summed E-state index contributed by atoms with van der Waals surface area (Å²) in [5, 5.41) is 6.92. The van der Waals surface area contributed by atoms with Gasteiger partial charge < -0.3 is 19.9 Å². The Bertz CT molecular complexity index is 974. The minimum Gasteiger partial charge on any atom is -0.381 e. The fourth-order valence-corrected chi connectivity index (χ4v) is 5.80. The van der Waals surface area contributed by atoms with Gasteiger partial charge in [-0.3, -0.25) is 9.59 Å². The van der Waals surface area contributed by atoms with Crippen molar-refractivity contribution in [1.82, 2.24) is 15.2 Å². The van der Waals surface area contributed by atoms with Crippen LogP contribution in [0.15, 0.2) is 18.2 Å². The number of aromatic nitrogens is 1. The van der Waals surface area contributed by atoms with Crippen LogP contribution in [0, 0.1) is 17.8 Å². The number of amides is 2. The SMILES string of the molecule is CCNC(=O)[C@H](C)C1CC(C2CCOCC2)Cc2c1n(C)c1ccc(C(=O)NC)cc21. The maximum atomic E-state index is 12.9. The van der Waals surface area contributed by atoms with Crippen molar-refractivity contribution >= 4 is 22.7 Å². The number of rotatable bonds is 5. The summed E-state index contributed by atoms with van der Waals surface area (Å²) in [4.78, 5) is 25.1. The smallest absolute Gasteiger partial charge is 0.251 e. The molecule has 2 aliphatic rings. The predicted octanol–water partition coefficient (Wildman–Crippen LogP) is 3.38. The first-order chi connectivity index (χ1) is 15.0. The van der Waals surface area contributed by atoms with Crippen LogP contribution in [0.5, 0.6) is 0 Å². The van der Waals surface area contributed by atoms with Gasteiger partial charge in [-0.2, -0.15) is 0 Å². The summed E-state index contributed by atoms with van der Waals surface area (Å²) in [5.41, 5.74) is 4.42. The summed E-state index contributed by atoms with van der Waals surface area (Å²) >= 11 is 0. The molecule has 0 bridgehead atoms. The zero-order valence-electron chi connectivity index (χ0n) is 19.2. The number of carbonyl (C=O) groups excluding carboxylic acids is 2. The molecule has 6 nitrogen and oxygen atoms in total. The molecule has 1 aromatic carbocycles. The number of nitrogens with zero attached hydrogens (tertiary/aromatic N) is 1. The maximum Gasteiger partial charge on any atom is 0.251 e. The lowest BCUT2D eigenvalue weighted by Gasteiger charge is -2.39. The van der Waals surface area contributed by atoms with Gasteiger partial charge in [-0.15, -0.1) is 0 Å². The average molecular weight is 426 g/mol. The van der Waals surface area contributed by atoms with Crippen molar-refractivity contribution in [3.05, 3.63) is 35.0 Å². The molecule has 1 fully saturated rings. The van der Waals surface area contributed by atoms with E-state index in [4.69, 9.17) is 4.74 Å². The Balaban J connectivity index is 1.81. The highest BCUT2D eigenvalue weighted by molar-refractivity contribution is 5.99. The van der Waals surface area contributed by atoms with Gasteiger partial charge in [-0.05, 0) is 68.2 Å². The molecular formula is C25H35N3O3. The van der Waals surface area contributed by atoms with Crippen LogP contribution in [-0.2, 0) is 23.0 Å². The van der Waals surface area contributed by atoms with Crippen molar-refractivity contribution in [1.29, 1.82) is 0 Å². The second-order valence-corrected chi connectivity index (χ2v) is 9.17. The molecule has 6 heteroatoms. The second-order valence-electron chi connectivity index (χ2n) is 9.17. The molecule has 168 valence electrons. The van der Waals surface area contributed by atoms with Crippen LogP contribution in [0.2, 0.25) is 0 Å². The molecular weight excluding hydrogens is 390 g/mol. The third-order valence-electron chi connectivity index (χ3n) is 7.52. The van der Waals surface area contributed by atoms with Crippen LogP contribution < -0.4 is 10.6 Å². The zero-order valence-corrected chi connectivity index (χ0v) is 19.2. The van der Waals surface area contributed by atoms with Crippen LogP contribution in [0.1, 0.15) is 60.6 Å². The second kappa shape index (κ2) is 9.03. The number of hydrogen-bond donors (Lipinski definition) is 2. The lowest BCUT2D eigenvalue weighted by Crippen LogP contribution is -2.37. The van der Waals surface area contributed by atoms with Gasteiger partial charge in [0.1, 0.15) is 0 Å². The number of fused-ring (bicyclic) bond motifs is 3. The first kappa shape index (κ1) is 21.9. The molecule has 2 aromatic rings. The molecule has 0 spiro atoms. The lowest BCUT2D eigenvalue weighted by atomic mass is 9.68. The van der Waals surface area contributed by atoms with E-state index in [0.717, 1.165) is 49.8 Å². The van der Waals surface area contributed by atoms with Crippen LogP contribution in [0.4, 0.5) is 0 Å². The molecule has 2 unspecified atom stereocenters. The molecule has 3 atom stereocenters. The van der Waals surface area contributed by atoms with E-state index < -0.39 is 0 Å². The molecule has 2 N–H and O–H groups in total. The van der Waals surface area contributed by atoms with E-state index >= 15 is 0 Å². The van der Waals surface area contributed by atoms with Gasteiger partial charge in [-0.25, -0.2) is 0 Å². The summed E-state index contributed by atoms with van der Waals surface area (Å²) in [7, 11) is 3.77. The number of aryl methyl sites for hydroxylation is 1. The van der Waals surface area contributed by atoms with Gasteiger partial charge in [0.15, 0.2) is 0 Å². The van der Waals surface area contributed by atoms with E-state index in [1.165, 1.54) is 11.3 Å². The predicted molar refractivity (Wildman–Crippen MR) is 122 cm³/mol. The van der Waals surface area contributed by atoms with Gasteiger partial charge in [-0.1, -0.05) is 6.92 Å². The summed E-state index contributed by atoms with van der Waals surface area (Å²) < 4.78 is 7.88. The van der Waals surface area contributed by atoms with Crippen molar-refractivity contribution < 1.29 is 14.3 Å². The van der Waals surface area contributed by atoms with E-state index in [1.54, 1.807) is 7.05 Å². The Kier molecular flexibility index (Phi) is 6.37.